The lowest BCUT2D eigenvalue weighted by Gasteiger charge is -2.30. The minimum absolute atomic E-state index is 0.179. The molecule has 1 aliphatic rings. The van der Waals surface area contributed by atoms with Crippen molar-refractivity contribution in [3.63, 3.8) is 0 Å². The summed E-state index contributed by atoms with van der Waals surface area (Å²) < 4.78 is 11.3. The van der Waals surface area contributed by atoms with E-state index in [1.54, 1.807) is 13.8 Å². The number of carbonyl (C=O) groups is 1. The Labute approximate surface area is 130 Å². The highest BCUT2D eigenvalue weighted by atomic mass is 16.7. The Morgan fingerprint density at radius 2 is 2.09 bits per heavy atom. The highest BCUT2D eigenvalue weighted by Crippen LogP contribution is 2.29. The van der Waals surface area contributed by atoms with Gasteiger partial charge in [-0.1, -0.05) is 30.3 Å². The van der Waals surface area contributed by atoms with Crippen LogP contribution in [0.2, 0.25) is 0 Å². The summed E-state index contributed by atoms with van der Waals surface area (Å²) in [4.78, 5) is 11.1. The molecule has 0 radical (unpaired) electrons. The second-order valence-corrected chi connectivity index (χ2v) is 5.96. The molecule has 6 heteroatoms. The van der Waals surface area contributed by atoms with Gasteiger partial charge in [0.2, 0.25) is 0 Å². The molecule has 3 N–H and O–H groups in total. The van der Waals surface area contributed by atoms with Gasteiger partial charge in [-0.3, -0.25) is 0 Å². The van der Waals surface area contributed by atoms with Gasteiger partial charge < -0.3 is 25.0 Å². The number of hydrogen-bond donors (Lipinski definition) is 3. The quantitative estimate of drug-likeness (QED) is 0.743. The first kappa shape index (κ1) is 16.7. The fraction of sp³-hybridized carbons (Fsp3) is 0.562. The van der Waals surface area contributed by atoms with Gasteiger partial charge in [-0.25, -0.2) is 4.79 Å². The van der Waals surface area contributed by atoms with Gasteiger partial charge in [0.1, 0.15) is 0 Å². The highest BCUT2D eigenvalue weighted by molar-refractivity contribution is 5.65. The number of benzene rings is 1. The van der Waals surface area contributed by atoms with Crippen LogP contribution in [0.4, 0.5) is 4.79 Å². The average molecular weight is 309 g/mol. The Hall–Kier alpha value is -1.63. The topological polar surface area (TPSA) is 88.0 Å². The maximum absolute atomic E-state index is 11.1. The summed E-state index contributed by atoms with van der Waals surface area (Å²) in [5, 5.41) is 21.3. The van der Waals surface area contributed by atoms with Crippen LogP contribution in [0.25, 0.3) is 0 Å². The molecule has 0 saturated carbocycles. The fourth-order valence-electron chi connectivity index (χ4n) is 2.77. The van der Waals surface area contributed by atoms with E-state index >= 15 is 0 Å². The van der Waals surface area contributed by atoms with Crippen molar-refractivity contribution < 1.29 is 24.5 Å². The molecule has 1 fully saturated rings. The zero-order valence-corrected chi connectivity index (χ0v) is 12.9. The summed E-state index contributed by atoms with van der Waals surface area (Å²) in [6, 6.07) is 9.12. The van der Waals surface area contributed by atoms with Crippen molar-refractivity contribution in [3.8, 4) is 0 Å². The molecule has 1 amide bonds. The number of carboxylic acid groups (broad SMARTS) is 1. The predicted octanol–water partition coefficient (Wildman–Crippen LogP) is 1.63. The summed E-state index contributed by atoms with van der Waals surface area (Å²) in [5.74, 6) is -1.09. The van der Waals surface area contributed by atoms with Crippen LogP contribution in [0, 0.1) is 5.92 Å². The molecule has 1 saturated heterocycles. The van der Waals surface area contributed by atoms with Crippen LogP contribution in [-0.2, 0) is 15.9 Å². The van der Waals surface area contributed by atoms with E-state index in [2.05, 4.69) is 5.32 Å². The Bertz CT molecular complexity index is 491. The maximum atomic E-state index is 11.1. The van der Waals surface area contributed by atoms with Crippen LogP contribution in [0.5, 0.6) is 0 Å². The lowest BCUT2D eigenvalue weighted by atomic mass is 9.90. The summed E-state index contributed by atoms with van der Waals surface area (Å²) in [6.07, 6.45) is -0.975. The molecule has 22 heavy (non-hydrogen) atoms. The van der Waals surface area contributed by atoms with E-state index in [0.717, 1.165) is 5.56 Å². The second-order valence-electron chi connectivity index (χ2n) is 5.96. The third kappa shape index (κ3) is 4.43. The number of hydrogen-bond acceptors (Lipinski definition) is 4. The van der Waals surface area contributed by atoms with Gasteiger partial charge in [-0.2, -0.15) is 0 Å². The summed E-state index contributed by atoms with van der Waals surface area (Å²) in [6.45, 7) is 3.77. The molecule has 6 nitrogen and oxygen atoms in total. The van der Waals surface area contributed by atoms with Crippen molar-refractivity contribution in [1.82, 2.24) is 5.32 Å². The maximum Gasteiger partial charge on any atom is 0.404 e. The van der Waals surface area contributed by atoms with E-state index in [0.29, 0.717) is 13.0 Å². The first-order valence-electron chi connectivity index (χ1n) is 7.37. The standard InChI is InChI=1S/C16H23NO5/c1-16(2)21-10-14(22-16)12(9-18)13(17-15(19)20)8-11-6-4-3-5-7-11/h3-7,12-14,17-18H,8-10H2,1-2H3,(H,19,20). The van der Waals surface area contributed by atoms with Gasteiger partial charge in [0, 0.05) is 12.0 Å². The van der Waals surface area contributed by atoms with Gasteiger partial charge in [0.25, 0.3) is 0 Å². The number of nitrogens with one attached hydrogen (secondary N) is 1. The Balaban J connectivity index is 2.13. The van der Waals surface area contributed by atoms with Gasteiger partial charge in [0.15, 0.2) is 5.79 Å². The van der Waals surface area contributed by atoms with Crippen LogP contribution >= 0.6 is 0 Å². The number of aliphatic hydroxyl groups excluding tert-OH is 1. The van der Waals surface area contributed by atoms with Gasteiger partial charge in [-0.05, 0) is 25.8 Å². The van der Waals surface area contributed by atoms with Crippen LogP contribution in [-0.4, -0.2) is 47.5 Å². The SMILES string of the molecule is CC1(C)OCC(C(CO)C(Cc2ccccc2)NC(=O)O)O1. The minimum Gasteiger partial charge on any atom is -0.465 e. The van der Waals surface area contributed by atoms with Crippen molar-refractivity contribution in [2.75, 3.05) is 13.2 Å². The van der Waals surface area contributed by atoms with Gasteiger partial charge >= 0.3 is 6.09 Å². The Kier molecular flexibility index (Phi) is 5.39. The fourth-order valence-corrected chi connectivity index (χ4v) is 2.77. The van der Waals surface area contributed by atoms with Gasteiger partial charge in [-0.15, -0.1) is 0 Å². The second kappa shape index (κ2) is 7.09. The normalized spacial score (nSPS) is 23.0. The minimum atomic E-state index is -1.11. The number of aliphatic hydroxyl groups is 1. The summed E-state index contributed by atoms with van der Waals surface area (Å²) >= 11 is 0. The molecule has 0 aliphatic carbocycles. The van der Waals surface area contributed by atoms with E-state index in [9.17, 15) is 9.90 Å². The monoisotopic (exact) mass is 309 g/mol. The first-order valence-corrected chi connectivity index (χ1v) is 7.37. The van der Waals surface area contributed by atoms with Crippen molar-refractivity contribution in [2.24, 2.45) is 5.92 Å². The number of rotatable bonds is 6. The average Bonchev–Trinajstić information content (AvgIpc) is 2.80. The Morgan fingerprint density at radius 1 is 1.41 bits per heavy atom. The van der Waals surface area contributed by atoms with Crippen molar-refractivity contribution in [1.29, 1.82) is 0 Å². The number of amides is 1. The van der Waals surface area contributed by atoms with Gasteiger partial charge in [0.05, 0.1) is 19.3 Å². The molecule has 1 aromatic carbocycles. The van der Waals surface area contributed by atoms with Crippen LogP contribution < -0.4 is 5.32 Å². The molecular formula is C16H23NO5. The van der Waals surface area contributed by atoms with Crippen LogP contribution in [0.15, 0.2) is 30.3 Å². The molecule has 3 unspecified atom stereocenters. The molecular weight excluding hydrogens is 286 g/mol. The third-order valence-corrected chi connectivity index (χ3v) is 3.84. The van der Waals surface area contributed by atoms with Crippen molar-refractivity contribution in [2.45, 2.75) is 38.2 Å². The van der Waals surface area contributed by atoms with Crippen molar-refractivity contribution in [3.05, 3.63) is 35.9 Å². The van der Waals surface area contributed by atoms with E-state index in [1.807, 2.05) is 30.3 Å². The van der Waals surface area contributed by atoms with Crippen LogP contribution in [0.1, 0.15) is 19.4 Å². The molecule has 0 spiro atoms. The summed E-state index contributed by atoms with van der Waals surface area (Å²) in [7, 11) is 0. The lowest BCUT2D eigenvalue weighted by molar-refractivity contribution is -0.147. The zero-order chi connectivity index (χ0) is 16.2. The molecule has 1 heterocycles. The lowest BCUT2D eigenvalue weighted by Crippen LogP contribution is -2.48. The summed E-state index contributed by atoms with van der Waals surface area (Å²) in [5.41, 5.74) is 0.998. The first-order chi connectivity index (χ1) is 10.4. The molecule has 0 bridgehead atoms. The molecule has 2 rings (SSSR count). The van der Waals surface area contributed by atoms with E-state index in [-0.39, 0.29) is 18.6 Å². The molecule has 3 atom stereocenters. The predicted molar refractivity (Wildman–Crippen MR) is 80.6 cm³/mol. The molecule has 122 valence electrons. The number of ether oxygens (including phenoxy) is 2. The molecule has 1 aliphatic heterocycles. The van der Waals surface area contributed by atoms with Crippen LogP contribution in [0.3, 0.4) is 0 Å². The van der Waals surface area contributed by atoms with E-state index < -0.39 is 17.9 Å². The highest BCUT2D eigenvalue weighted by Gasteiger charge is 2.40. The third-order valence-electron chi connectivity index (χ3n) is 3.84. The molecule has 1 aromatic rings. The largest absolute Gasteiger partial charge is 0.465 e. The van der Waals surface area contributed by atoms with Crippen molar-refractivity contribution >= 4 is 6.09 Å². The smallest absolute Gasteiger partial charge is 0.404 e. The van der Waals surface area contributed by atoms with E-state index in [1.165, 1.54) is 0 Å². The molecule has 0 aromatic heterocycles. The zero-order valence-electron chi connectivity index (χ0n) is 12.9. The van der Waals surface area contributed by atoms with E-state index in [4.69, 9.17) is 14.6 Å². The Morgan fingerprint density at radius 3 is 2.59 bits per heavy atom.